The highest BCUT2D eigenvalue weighted by Crippen LogP contribution is 2.29. The number of rotatable bonds is 5. The molecule has 0 radical (unpaired) electrons. The van der Waals surface area contributed by atoms with Gasteiger partial charge in [0.15, 0.2) is 5.82 Å². The Bertz CT molecular complexity index is 877. The van der Waals surface area contributed by atoms with E-state index in [1.165, 1.54) is 0 Å². The van der Waals surface area contributed by atoms with Crippen molar-refractivity contribution in [3.8, 4) is 5.75 Å². The Morgan fingerprint density at radius 2 is 1.92 bits per heavy atom. The number of ether oxygens (including phenoxy) is 1. The van der Waals surface area contributed by atoms with Gasteiger partial charge in [-0.2, -0.15) is 10.1 Å². The standard InChI is InChI=1S/C18H18ClN5O/c1-11-7-12(2)17(15(19)8-11)22-16-10-20-24-18(23-16)21-13-5-4-6-14(9-13)25-3/h4-10H,1-3H3,(H2,21,22,23,24). The first-order chi connectivity index (χ1) is 12.0. The van der Waals surface area contributed by atoms with Crippen LogP contribution in [-0.2, 0) is 0 Å². The maximum Gasteiger partial charge on any atom is 0.249 e. The lowest BCUT2D eigenvalue weighted by molar-refractivity contribution is 0.415. The third-order valence-electron chi connectivity index (χ3n) is 3.57. The third-order valence-corrected chi connectivity index (χ3v) is 3.87. The van der Waals surface area contributed by atoms with Crippen molar-refractivity contribution in [1.29, 1.82) is 0 Å². The van der Waals surface area contributed by atoms with E-state index in [0.717, 1.165) is 28.3 Å². The predicted molar refractivity (Wildman–Crippen MR) is 100 cm³/mol. The maximum atomic E-state index is 6.33. The average Bonchev–Trinajstić information content (AvgIpc) is 2.58. The summed E-state index contributed by atoms with van der Waals surface area (Å²) in [5.74, 6) is 1.67. The topological polar surface area (TPSA) is 72.0 Å². The molecule has 1 heterocycles. The lowest BCUT2D eigenvalue weighted by Crippen LogP contribution is -2.03. The van der Waals surface area contributed by atoms with Crippen LogP contribution in [0.15, 0.2) is 42.6 Å². The zero-order valence-electron chi connectivity index (χ0n) is 14.2. The number of hydrogen-bond donors (Lipinski definition) is 2. The SMILES string of the molecule is COc1cccc(Nc2nncc(Nc3c(C)cc(C)cc3Cl)n2)c1. The summed E-state index contributed by atoms with van der Waals surface area (Å²) in [6, 6.07) is 11.5. The molecule has 3 aromatic rings. The Morgan fingerprint density at radius 1 is 1.08 bits per heavy atom. The smallest absolute Gasteiger partial charge is 0.249 e. The van der Waals surface area contributed by atoms with Crippen molar-refractivity contribution >= 4 is 34.7 Å². The van der Waals surface area contributed by atoms with Crippen molar-refractivity contribution in [3.63, 3.8) is 0 Å². The molecule has 7 heteroatoms. The van der Waals surface area contributed by atoms with Gasteiger partial charge in [-0.3, -0.25) is 0 Å². The van der Waals surface area contributed by atoms with Gasteiger partial charge in [0, 0.05) is 11.8 Å². The predicted octanol–water partition coefficient (Wildman–Crippen LogP) is 4.64. The van der Waals surface area contributed by atoms with Gasteiger partial charge in [0.25, 0.3) is 0 Å². The van der Waals surface area contributed by atoms with Gasteiger partial charge in [0.05, 0.1) is 24.0 Å². The van der Waals surface area contributed by atoms with Crippen molar-refractivity contribution in [1.82, 2.24) is 15.2 Å². The monoisotopic (exact) mass is 355 g/mol. The van der Waals surface area contributed by atoms with Crippen molar-refractivity contribution < 1.29 is 4.74 Å². The minimum Gasteiger partial charge on any atom is -0.497 e. The van der Waals surface area contributed by atoms with Crippen LogP contribution in [0.5, 0.6) is 5.75 Å². The second kappa shape index (κ2) is 7.36. The number of halogens is 1. The molecule has 0 aliphatic rings. The molecule has 0 saturated heterocycles. The van der Waals surface area contributed by atoms with Gasteiger partial charge in [0.2, 0.25) is 5.95 Å². The molecule has 6 nitrogen and oxygen atoms in total. The molecule has 2 N–H and O–H groups in total. The molecule has 0 aliphatic heterocycles. The van der Waals surface area contributed by atoms with Gasteiger partial charge in [-0.25, -0.2) is 0 Å². The fourth-order valence-corrected chi connectivity index (χ4v) is 2.82. The zero-order valence-corrected chi connectivity index (χ0v) is 14.9. The van der Waals surface area contributed by atoms with Gasteiger partial charge in [-0.15, -0.1) is 5.10 Å². The summed E-state index contributed by atoms with van der Waals surface area (Å²) in [5, 5.41) is 14.9. The number of benzene rings is 2. The minimum absolute atomic E-state index is 0.374. The lowest BCUT2D eigenvalue weighted by atomic mass is 10.1. The van der Waals surface area contributed by atoms with E-state index in [-0.39, 0.29) is 0 Å². The highest BCUT2D eigenvalue weighted by Gasteiger charge is 2.08. The summed E-state index contributed by atoms with van der Waals surface area (Å²) in [6.07, 6.45) is 1.55. The zero-order chi connectivity index (χ0) is 17.8. The van der Waals surface area contributed by atoms with Crippen LogP contribution in [0.2, 0.25) is 5.02 Å². The molecule has 128 valence electrons. The molecule has 25 heavy (non-hydrogen) atoms. The maximum absolute atomic E-state index is 6.33. The van der Waals surface area contributed by atoms with E-state index in [0.29, 0.717) is 16.8 Å². The van der Waals surface area contributed by atoms with Crippen LogP contribution in [-0.4, -0.2) is 22.3 Å². The molecule has 1 aromatic heterocycles. The number of nitrogens with zero attached hydrogens (tertiary/aromatic N) is 3. The fraction of sp³-hybridized carbons (Fsp3) is 0.167. The second-order valence-electron chi connectivity index (χ2n) is 5.59. The van der Waals surface area contributed by atoms with Crippen molar-refractivity contribution in [2.45, 2.75) is 13.8 Å². The molecule has 0 amide bonds. The van der Waals surface area contributed by atoms with Crippen molar-refractivity contribution in [2.75, 3.05) is 17.7 Å². The molecule has 2 aromatic carbocycles. The normalized spacial score (nSPS) is 10.4. The van der Waals surface area contributed by atoms with Crippen molar-refractivity contribution in [2.24, 2.45) is 0 Å². The molecule has 0 fully saturated rings. The number of hydrogen-bond acceptors (Lipinski definition) is 6. The highest BCUT2D eigenvalue weighted by molar-refractivity contribution is 6.33. The number of aromatic nitrogens is 3. The first-order valence-electron chi connectivity index (χ1n) is 7.70. The van der Waals surface area contributed by atoms with E-state index in [1.807, 2.05) is 44.2 Å². The molecule has 0 spiro atoms. The van der Waals surface area contributed by atoms with Crippen LogP contribution in [0.3, 0.4) is 0 Å². The van der Waals surface area contributed by atoms with Gasteiger partial charge < -0.3 is 15.4 Å². The molecular weight excluding hydrogens is 338 g/mol. The number of anilines is 4. The van der Waals surface area contributed by atoms with Crippen LogP contribution in [0.1, 0.15) is 11.1 Å². The summed E-state index contributed by atoms with van der Waals surface area (Å²) < 4.78 is 5.21. The number of aryl methyl sites for hydroxylation is 2. The Morgan fingerprint density at radius 3 is 2.68 bits per heavy atom. The highest BCUT2D eigenvalue weighted by atomic mass is 35.5. The van der Waals surface area contributed by atoms with Crippen LogP contribution in [0, 0.1) is 13.8 Å². The van der Waals surface area contributed by atoms with Crippen LogP contribution in [0.4, 0.5) is 23.1 Å². The molecule has 0 aliphatic carbocycles. The van der Waals surface area contributed by atoms with Crippen molar-refractivity contribution in [3.05, 3.63) is 58.7 Å². The average molecular weight is 356 g/mol. The van der Waals surface area contributed by atoms with Gasteiger partial charge in [0.1, 0.15) is 5.75 Å². The van der Waals surface area contributed by atoms with E-state index >= 15 is 0 Å². The molecular formula is C18H18ClN5O. The van der Waals surface area contributed by atoms with Crippen LogP contribution in [0.25, 0.3) is 0 Å². The first kappa shape index (κ1) is 17.0. The summed E-state index contributed by atoms with van der Waals surface area (Å²) >= 11 is 6.33. The first-order valence-corrected chi connectivity index (χ1v) is 8.07. The summed E-state index contributed by atoms with van der Waals surface area (Å²) in [7, 11) is 1.62. The summed E-state index contributed by atoms with van der Waals surface area (Å²) in [4.78, 5) is 4.43. The van der Waals surface area contributed by atoms with E-state index in [2.05, 4.69) is 31.9 Å². The Kier molecular flexibility index (Phi) is 5.00. The van der Waals surface area contributed by atoms with E-state index in [4.69, 9.17) is 16.3 Å². The van der Waals surface area contributed by atoms with E-state index in [1.54, 1.807) is 13.3 Å². The summed E-state index contributed by atoms with van der Waals surface area (Å²) in [6.45, 7) is 4.00. The number of methoxy groups -OCH3 is 1. The molecule has 0 bridgehead atoms. The number of nitrogens with one attached hydrogen (secondary N) is 2. The lowest BCUT2D eigenvalue weighted by Gasteiger charge is -2.12. The van der Waals surface area contributed by atoms with Gasteiger partial charge in [-0.05, 0) is 43.2 Å². The van der Waals surface area contributed by atoms with Crippen LogP contribution >= 0.6 is 11.6 Å². The largest absolute Gasteiger partial charge is 0.497 e. The van der Waals surface area contributed by atoms with E-state index < -0.39 is 0 Å². The molecule has 0 saturated carbocycles. The fourth-order valence-electron chi connectivity index (χ4n) is 2.45. The van der Waals surface area contributed by atoms with E-state index in [9.17, 15) is 0 Å². The summed E-state index contributed by atoms with van der Waals surface area (Å²) in [5.41, 5.74) is 3.75. The Balaban J connectivity index is 1.82. The quantitative estimate of drug-likeness (QED) is 0.694. The Hall–Kier alpha value is -2.86. The Labute approximate surface area is 151 Å². The minimum atomic E-state index is 0.374. The molecule has 0 unspecified atom stereocenters. The third kappa shape index (κ3) is 4.16. The molecule has 3 rings (SSSR count). The van der Waals surface area contributed by atoms with Gasteiger partial charge >= 0.3 is 0 Å². The second-order valence-corrected chi connectivity index (χ2v) is 5.99. The van der Waals surface area contributed by atoms with Gasteiger partial charge in [-0.1, -0.05) is 23.7 Å². The van der Waals surface area contributed by atoms with Crippen LogP contribution < -0.4 is 15.4 Å². The molecule has 0 atom stereocenters.